The zero-order valence-electron chi connectivity index (χ0n) is 12.2. The monoisotopic (exact) mass is 318 g/mol. The van der Waals surface area contributed by atoms with E-state index in [0.29, 0.717) is 36.6 Å². The average Bonchev–Trinajstić information content (AvgIpc) is 2.54. The van der Waals surface area contributed by atoms with Crippen molar-refractivity contribution in [1.29, 1.82) is 0 Å². The molecule has 0 aliphatic rings. The van der Waals surface area contributed by atoms with E-state index < -0.39 is 0 Å². The number of rotatable bonds is 7. The van der Waals surface area contributed by atoms with E-state index in [9.17, 15) is 0 Å². The van der Waals surface area contributed by atoms with Crippen LogP contribution < -0.4 is 15.8 Å². The van der Waals surface area contributed by atoms with Crippen molar-refractivity contribution < 1.29 is 4.74 Å². The zero-order chi connectivity index (χ0) is 15.6. The summed E-state index contributed by atoms with van der Waals surface area (Å²) < 4.78 is 5.44. The molecule has 0 fully saturated rings. The van der Waals surface area contributed by atoms with Crippen molar-refractivity contribution in [2.75, 3.05) is 19.7 Å². The van der Waals surface area contributed by atoms with E-state index in [-0.39, 0.29) is 0 Å². The molecule has 2 aromatic rings. The molecule has 1 heterocycles. The third-order valence-electron chi connectivity index (χ3n) is 2.88. The fourth-order valence-electron chi connectivity index (χ4n) is 1.79. The lowest BCUT2D eigenvalue weighted by Crippen LogP contribution is -2.35. The molecule has 0 saturated heterocycles. The van der Waals surface area contributed by atoms with Gasteiger partial charge in [0.05, 0.1) is 11.6 Å². The number of aliphatic imine (C=N–C) groups is 1. The highest BCUT2D eigenvalue weighted by molar-refractivity contribution is 6.30. The van der Waals surface area contributed by atoms with E-state index in [4.69, 9.17) is 22.1 Å². The second-order valence-corrected chi connectivity index (χ2v) is 5.03. The highest BCUT2D eigenvalue weighted by Crippen LogP contribution is 2.10. The summed E-state index contributed by atoms with van der Waals surface area (Å²) in [5.74, 6) is 0.953. The van der Waals surface area contributed by atoms with Crippen molar-refractivity contribution in [3.05, 3.63) is 59.2 Å². The van der Waals surface area contributed by atoms with Crippen LogP contribution in [0.1, 0.15) is 5.56 Å². The normalized spacial score (nSPS) is 11.2. The number of halogens is 1. The third-order valence-corrected chi connectivity index (χ3v) is 3.11. The number of ether oxygens (including phenoxy) is 1. The number of guanidine groups is 1. The van der Waals surface area contributed by atoms with E-state index >= 15 is 0 Å². The average molecular weight is 319 g/mol. The Hall–Kier alpha value is -2.27. The Morgan fingerprint density at radius 2 is 2.05 bits per heavy atom. The van der Waals surface area contributed by atoms with Gasteiger partial charge in [-0.15, -0.1) is 0 Å². The first kappa shape index (κ1) is 16.1. The van der Waals surface area contributed by atoms with E-state index in [1.54, 1.807) is 18.3 Å². The van der Waals surface area contributed by atoms with Gasteiger partial charge in [0.25, 0.3) is 0 Å². The van der Waals surface area contributed by atoms with Crippen LogP contribution in [0.5, 0.6) is 5.88 Å². The number of hydrogen-bond donors (Lipinski definition) is 2. The minimum atomic E-state index is 0.420. The summed E-state index contributed by atoms with van der Waals surface area (Å²) in [6, 6.07) is 13.6. The molecule has 6 heteroatoms. The second kappa shape index (κ2) is 8.89. The minimum absolute atomic E-state index is 0.420. The Labute approximate surface area is 135 Å². The summed E-state index contributed by atoms with van der Waals surface area (Å²) in [5.41, 5.74) is 7.03. The smallest absolute Gasteiger partial charge is 0.213 e. The quantitative estimate of drug-likeness (QED) is 0.466. The van der Waals surface area contributed by atoms with Crippen LogP contribution in [0.4, 0.5) is 0 Å². The van der Waals surface area contributed by atoms with Crippen molar-refractivity contribution in [2.45, 2.75) is 6.42 Å². The fraction of sp³-hybridized carbons (Fsp3) is 0.250. The molecule has 0 atom stereocenters. The standard InChI is InChI=1S/C16H19ClN4O/c17-14-6-7-15(21-12-14)22-11-10-20-16(18)19-9-8-13-4-2-1-3-5-13/h1-7,12H,8-11H2,(H3,18,19,20). The summed E-state index contributed by atoms with van der Waals surface area (Å²) >= 11 is 5.74. The summed E-state index contributed by atoms with van der Waals surface area (Å²) in [5, 5.41) is 3.58. The van der Waals surface area contributed by atoms with Crippen molar-refractivity contribution in [1.82, 2.24) is 10.3 Å². The molecule has 22 heavy (non-hydrogen) atoms. The van der Waals surface area contributed by atoms with Crippen LogP contribution in [0.3, 0.4) is 0 Å². The Balaban J connectivity index is 1.61. The SMILES string of the molecule is NC(=NCCc1ccccc1)NCCOc1ccc(Cl)cn1. The van der Waals surface area contributed by atoms with E-state index in [1.165, 1.54) is 5.56 Å². The lowest BCUT2D eigenvalue weighted by atomic mass is 10.2. The van der Waals surface area contributed by atoms with Gasteiger partial charge >= 0.3 is 0 Å². The van der Waals surface area contributed by atoms with Gasteiger partial charge in [0.15, 0.2) is 5.96 Å². The molecule has 0 bridgehead atoms. The predicted molar refractivity (Wildman–Crippen MR) is 89.4 cm³/mol. The van der Waals surface area contributed by atoms with Crippen molar-refractivity contribution >= 4 is 17.6 Å². The third kappa shape index (κ3) is 6.01. The molecule has 0 aliphatic carbocycles. The molecular formula is C16H19ClN4O. The molecule has 0 unspecified atom stereocenters. The largest absolute Gasteiger partial charge is 0.476 e. The Kier molecular flexibility index (Phi) is 6.51. The summed E-state index contributed by atoms with van der Waals surface area (Å²) in [6.07, 6.45) is 2.41. The van der Waals surface area contributed by atoms with Gasteiger partial charge in [-0.3, -0.25) is 4.99 Å². The van der Waals surface area contributed by atoms with E-state index in [1.807, 2.05) is 18.2 Å². The molecule has 116 valence electrons. The van der Waals surface area contributed by atoms with Crippen LogP contribution in [-0.2, 0) is 6.42 Å². The fourth-order valence-corrected chi connectivity index (χ4v) is 1.90. The Bertz CT molecular complexity index is 587. The number of nitrogens with zero attached hydrogens (tertiary/aromatic N) is 2. The number of hydrogen-bond acceptors (Lipinski definition) is 3. The van der Waals surface area contributed by atoms with Crippen LogP contribution in [0.2, 0.25) is 5.02 Å². The van der Waals surface area contributed by atoms with Gasteiger partial charge < -0.3 is 15.8 Å². The molecule has 1 aromatic carbocycles. The van der Waals surface area contributed by atoms with Crippen molar-refractivity contribution in [3.8, 4) is 5.88 Å². The van der Waals surface area contributed by atoms with Gasteiger partial charge in [-0.05, 0) is 18.1 Å². The minimum Gasteiger partial charge on any atom is -0.476 e. The van der Waals surface area contributed by atoms with Crippen LogP contribution >= 0.6 is 11.6 Å². The van der Waals surface area contributed by atoms with Gasteiger partial charge in [-0.25, -0.2) is 4.98 Å². The maximum Gasteiger partial charge on any atom is 0.213 e. The number of nitrogens with two attached hydrogens (primary N) is 1. The van der Waals surface area contributed by atoms with Gasteiger partial charge in [-0.1, -0.05) is 41.9 Å². The topological polar surface area (TPSA) is 72.5 Å². The van der Waals surface area contributed by atoms with Crippen LogP contribution in [0, 0.1) is 0 Å². The first-order valence-corrected chi connectivity index (χ1v) is 7.44. The first-order valence-electron chi connectivity index (χ1n) is 7.06. The lowest BCUT2D eigenvalue weighted by Gasteiger charge is -2.07. The Morgan fingerprint density at radius 1 is 1.23 bits per heavy atom. The maximum absolute atomic E-state index is 5.79. The molecule has 0 radical (unpaired) electrons. The molecule has 1 aromatic heterocycles. The maximum atomic E-state index is 5.79. The molecule has 0 spiro atoms. The molecular weight excluding hydrogens is 300 g/mol. The highest BCUT2D eigenvalue weighted by atomic mass is 35.5. The molecule has 2 rings (SSSR count). The van der Waals surface area contributed by atoms with E-state index in [2.05, 4.69) is 27.4 Å². The number of benzene rings is 1. The van der Waals surface area contributed by atoms with E-state index in [0.717, 1.165) is 6.42 Å². The molecule has 3 N–H and O–H groups in total. The Morgan fingerprint density at radius 3 is 2.77 bits per heavy atom. The molecule has 0 saturated carbocycles. The molecule has 5 nitrogen and oxygen atoms in total. The van der Waals surface area contributed by atoms with Crippen molar-refractivity contribution in [3.63, 3.8) is 0 Å². The summed E-state index contributed by atoms with van der Waals surface area (Å²) in [7, 11) is 0. The van der Waals surface area contributed by atoms with Crippen LogP contribution in [0.25, 0.3) is 0 Å². The number of pyridine rings is 1. The highest BCUT2D eigenvalue weighted by Gasteiger charge is 1.96. The van der Waals surface area contributed by atoms with Crippen LogP contribution in [-0.4, -0.2) is 30.6 Å². The summed E-state index contributed by atoms with van der Waals surface area (Å²) in [4.78, 5) is 8.30. The number of aromatic nitrogens is 1. The molecule has 0 aliphatic heterocycles. The zero-order valence-corrected chi connectivity index (χ0v) is 13.0. The van der Waals surface area contributed by atoms with Gasteiger partial charge in [0.1, 0.15) is 6.61 Å². The first-order chi connectivity index (χ1) is 10.7. The van der Waals surface area contributed by atoms with Crippen molar-refractivity contribution in [2.24, 2.45) is 10.7 Å². The molecule has 0 amide bonds. The second-order valence-electron chi connectivity index (χ2n) is 4.59. The predicted octanol–water partition coefficient (Wildman–Crippen LogP) is 2.26. The summed E-state index contributed by atoms with van der Waals surface area (Å²) in [6.45, 7) is 1.66. The lowest BCUT2D eigenvalue weighted by molar-refractivity contribution is 0.310. The van der Waals surface area contributed by atoms with Crippen LogP contribution in [0.15, 0.2) is 53.7 Å². The van der Waals surface area contributed by atoms with Gasteiger partial charge in [-0.2, -0.15) is 0 Å². The van der Waals surface area contributed by atoms with Gasteiger partial charge in [0.2, 0.25) is 5.88 Å². The number of nitrogens with one attached hydrogen (secondary N) is 1. The van der Waals surface area contributed by atoms with Gasteiger partial charge in [0, 0.05) is 18.8 Å².